The van der Waals surface area contributed by atoms with Gasteiger partial charge in [0.05, 0.1) is 0 Å². The first-order valence-corrected chi connectivity index (χ1v) is 5.88. The van der Waals surface area contributed by atoms with Crippen LogP contribution < -0.4 is 5.32 Å². The molecule has 1 aromatic carbocycles. The number of benzene rings is 1. The largest absolute Gasteiger partial charge is 0.321 e. The molecule has 4 nitrogen and oxygen atoms in total. The number of carbonyl (C=O) groups excluding carboxylic acids is 1. The number of amides is 1. The van der Waals surface area contributed by atoms with Gasteiger partial charge in [-0.05, 0) is 37.1 Å². The fourth-order valence-electron chi connectivity index (χ4n) is 1.60. The maximum atomic E-state index is 11.9. The lowest BCUT2D eigenvalue weighted by atomic mass is 10.1. The van der Waals surface area contributed by atoms with Gasteiger partial charge in [-0.3, -0.25) is 4.79 Å². The van der Waals surface area contributed by atoms with Crippen molar-refractivity contribution in [3.63, 3.8) is 0 Å². The van der Waals surface area contributed by atoms with Crippen LogP contribution in [0.25, 0.3) is 0 Å². The van der Waals surface area contributed by atoms with Crippen molar-refractivity contribution in [2.45, 2.75) is 20.3 Å². The molecule has 2 rings (SSSR count). The van der Waals surface area contributed by atoms with E-state index in [0.29, 0.717) is 5.69 Å². The first-order valence-electron chi connectivity index (χ1n) is 5.88. The van der Waals surface area contributed by atoms with Crippen molar-refractivity contribution in [2.24, 2.45) is 0 Å². The molecule has 0 aliphatic carbocycles. The summed E-state index contributed by atoms with van der Waals surface area (Å²) in [5, 5.41) is 2.81. The number of rotatable bonds is 3. The molecule has 0 aliphatic heterocycles. The van der Waals surface area contributed by atoms with Crippen LogP contribution in [0.4, 0.5) is 5.69 Å². The lowest BCUT2D eigenvalue weighted by Gasteiger charge is -2.05. The highest BCUT2D eigenvalue weighted by molar-refractivity contribution is 6.02. The predicted molar refractivity (Wildman–Crippen MR) is 70.5 cm³/mol. The molecular formula is C14H15N3O. The summed E-state index contributed by atoms with van der Waals surface area (Å²) in [7, 11) is 0. The van der Waals surface area contributed by atoms with Gasteiger partial charge in [-0.1, -0.05) is 19.1 Å². The van der Waals surface area contributed by atoms with Gasteiger partial charge < -0.3 is 5.32 Å². The van der Waals surface area contributed by atoms with Gasteiger partial charge in [0, 0.05) is 11.4 Å². The average Bonchev–Trinajstić information content (AvgIpc) is 2.39. The topological polar surface area (TPSA) is 54.9 Å². The van der Waals surface area contributed by atoms with Gasteiger partial charge in [0.2, 0.25) is 0 Å². The van der Waals surface area contributed by atoms with Crippen LogP contribution in [0.2, 0.25) is 0 Å². The van der Waals surface area contributed by atoms with Crippen LogP contribution in [0.3, 0.4) is 0 Å². The average molecular weight is 241 g/mol. The molecule has 1 aromatic heterocycles. The highest BCUT2D eigenvalue weighted by Crippen LogP contribution is 2.11. The Morgan fingerprint density at radius 3 is 2.56 bits per heavy atom. The van der Waals surface area contributed by atoms with Gasteiger partial charge in [-0.15, -0.1) is 0 Å². The molecule has 0 bridgehead atoms. The molecular weight excluding hydrogens is 226 g/mol. The summed E-state index contributed by atoms with van der Waals surface area (Å²) in [6.45, 7) is 3.92. The molecule has 1 amide bonds. The quantitative estimate of drug-likeness (QED) is 0.898. The minimum absolute atomic E-state index is 0.218. The second-order valence-electron chi connectivity index (χ2n) is 4.05. The number of aromatic nitrogens is 2. The Morgan fingerprint density at radius 1 is 1.22 bits per heavy atom. The van der Waals surface area contributed by atoms with Crippen molar-refractivity contribution >= 4 is 11.6 Å². The Bertz CT molecular complexity index is 549. The molecule has 0 aliphatic rings. The van der Waals surface area contributed by atoms with Crippen LogP contribution >= 0.6 is 0 Å². The molecule has 1 N–H and O–H groups in total. The molecule has 0 fully saturated rings. The van der Waals surface area contributed by atoms with Gasteiger partial charge in [-0.2, -0.15) is 0 Å². The van der Waals surface area contributed by atoms with E-state index in [4.69, 9.17) is 0 Å². The normalized spacial score (nSPS) is 10.1. The maximum absolute atomic E-state index is 11.9. The second-order valence-corrected chi connectivity index (χ2v) is 4.05. The third-order valence-corrected chi connectivity index (χ3v) is 2.66. The van der Waals surface area contributed by atoms with E-state index < -0.39 is 0 Å². The monoisotopic (exact) mass is 241 g/mol. The Labute approximate surface area is 106 Å². The number of nitrogens with zero attached hydrogens (tertiary/aromatic N) is 2. The van der Waals surface area contributed by atoms with Crippen LogP contribution in [-0.2, 0) is 6.42 Å². The van der Waals surface area contributed by atoms with E-state index in [1.54, 1.807) is 6.07 Å². The van der Waals surface area contributed by atoms with Crippen molar-refractivity contribution in [1.82, 2.24) is 9.97 Å². The van der Waals surface area contributed by atoms with Crippen LogP contribution in [0.15, 0.2) is 36.7 Å². The van der Waals surface area contributed by atoms with Crippen LogP contribution in [0, 0.1) is 6.92 Å². The minimum Gasteiger partial charge on any atom is -0.321 e. The van der Waals surface area contributed by atoms with Gasteiger partial charge >= 0.3 is 0 Å². The van der Waals surface area contributed by atoms with Crippen LogP contribution in [0.5, 0.6) is 0 Å². The Hall–Kier alpha value is -2.23. The van der Waals surface area contributed by atoms with E-state index >= 15 is 0 Å². The molecule has 18 heavy (non-hydrogen) atoms. The summed E-state index contributed by atoms with van der Waals surface area (Å²) in [6.07, 6.45) is 2.38. The summed E-state index contributed by atoms with van der Waals surface area (Å²) < 4.78 is 0. The van der Waals surface area contributed by atoms with Crippen molar-refractivity contribution in [3.05, 3.63) is 53.6 Å². The maximum Gasteiger partial charge on any atom is 0.274 e. The molecule has 0 radical (unpaired) electrons. The number of hydrogen-bond acceptors (Lipinski definition) is 3. The molecule has 0 spiro atoms. The third kappa shape index (κ3) is 2.91. The summed E-state index contributed by atoms with van der Waals surface area (Å²) >= 11 is 0. The molecule has 1 heterocycles. The molecule has 92 valence electrons. The number of hydrogen-bond donors (Lipinski definition) is 1. The van der Waals surface area contributed by atoms with Crippen molar-refractivity contribution in [1.29, 1.82) is 0 Å². The highest BCUT2D eigenvalue weighted by atomic mass is 16.1. The number of aryl methyl sites for hydroxylation is 2. The van der Waals surface area contributed by atoms with E-state index in [1.165, 1.54) is 11.9 Å². The molecule has 4 heteroatoms. The van der Waals surface area contributed by atoms with Crippen molar-refractivity contribution < 1.29 is 4.79 Å². The van der Waals surface area contributed by atoms with Gasteiger partial charge in [-0.25, -0.2) is 9.97 Å². The zero-order chi connectivity index (χ0) is 13.0. The molecule has 2 aromatic rings. The lowest BCUT2D eigenvalue weighted by molar-refractivity contribution is 0.102. The summed E-state index contributed by atoms with van der Waals surface area (Å²) in [4.78, 5) is 19.8. The minimum atomic E-state index is -0.218. The standard InChI is InChI=1S/C14H15N3O/c1-3-11-4-6-12(7-5-11)17-14(18)13-8-10(2)15-9-16-13/h4-9H,3H2,1-2H3,(H,17,18). The number of anilines is 1. The molecule has 0 saturated carbocycles. The van der Waals surface area contributed by atoms with E-state index in [1.807, 2.05) is 31.2 Å². The zero-order valence-corrected chi connectivity index (χ0v) is 10.5. The summed E-state index contributed by atoms with van der Waals surface area (Å²) in [5.74, 6) is -0.218. The fourth-order valence-corrected chi connectivity index (χ4v) is 1.60. The predicted octanol–water partition coefficient (Wildman–Crippen LogP) is 2.60. The Morgan fingerprint density at radius 2 is 1.94 bits per heavy atom. The SMILES string of the molecule is CCc1ccc(NC(=O)c2cc(C)ncn2)cc1. The van der Waals surface area contributed by atoms with Crippen molar-refractivity contribution in [3.8, 4) is 0 Å². The zero-order valence-electron chi connectivity index (χ0n) is 10.5. The third-order valence-electron chi connectivity index (χ3n) is 2.66. The second kappa shape index (κ2) is 5.40. The number of nitrogens with one attached hydrogen (secondary N) is 1. The molecule has 0 saturated heterocycles. The van der Waals surface area contributed by atoms with E-state index in [9.17, 15) is 4.79 Å². The summed E-state index contributed by atoms with van der Waals surface area (Å²) in [6, 6.07) is 9.45. The first kappa shape index (κ1) is 12.2. The Balaban J connectivity index is 2.11. The van der Waals surface area contributed by atoms with Gasteiger partial charge in [0.1, 0.15) is 12.0 Å². The fraction of sp³-hybridized carbons (Fsp3) is 0.214. The van der Waals surface area contributed by atoms with Crippen molar-refractivity contribution in [2.75, 3.05) is 5.32 Å². The van der Waals surface area contributed by atoms with Crippen LogP contribution in [-0.4, -0.2) is 15.9 Å². The van der Waals surface area contributed by atoms with E-state index in [2.05, 4.69) is 22.2 Å². The van der Waals surface area contributed by atoms with Gasteiger partial charge in [0.15, 0.2) is 0 Å². The first-order chi connectivity index (χ1) is 8.69. The molecule has 0 atom stereocenters. The summed E-state index contributed by atoms with van der Waals surface area (Å²) in [5.41, 5.74) is 3.16. The van der Waals surface area contributed by atoms with Gasteiger partial charge in [0.25, 0.3) is 5.91 Å². The van der Waals surface area contributed by atoms with E-state index in [-0.39, 0.29) is 5.91 Å². The number of carbonyl (C=O) groups is 1. The molecule has 0 unspecified atom stereocenters. The smallest absolute Gasteiger partial charge is 0.274 e. The van der Waals surface area contributed by atoms with E-state index in [0.717, 1.165) is 17.8 Å². The van der Waals surface area contributed by atoms with Crippen LogP contribution in [0.1, 0.15) is 28.7 Å². The Kier molecular flexibility index (Phi) is 3.67. The lowest BCUT2D eigenvalue weighted by Crippen LogP contribution is -2.14. The highest BCUT2D eigenvalue weighted by Gasteiger charge is 2.07.